The van der Waals surface area contributed by atoms with Crippen LogP contribution in [0.4, 0.5) is 0 Å². The average Bonchev–Trinajstić information content (AvgIpc) is 2.04. The Morgan fingerprint density at radius 1 is 1.58 bits per heavy atom. The molecule has 0 saturated heterocycles. The van der Waals surface area contributed by atoms with E-state index in [0.717, 1.165) is 11.1 Å². The molecule has 12 heavy (non-hydrogen) atoms. The van der Waals surface area contributed by atoms with E-state index in [9.17, 15) is 4.79 Å². The minimum atomic E-state index is -0.00648. The number of nitrogens with zero attached hydrogens (tertiary/aromatic N) is 1. The van der Waals surface area contributed by atoms with E-state index in [0.29, 0.717) is 0 Å². The van der Waals surface area contributed by atoms with E-state index in [4.69, 9.17) is 0 Å². The van der Waals surface area contributed by atoms with E-state index in [1.807, 2.05) is 19.9 Å². The maximum atomic E-state index is 11.1. The molecule has 2 heteroatoms. The first-order chi connectivity index (χ1) is 5.63. The van der Waals surface area contributed by atoms with Crippen molar-refractivity contribution in [3.8, 4) is 0 Å². The monoisotopic (exact) mass is 163 g/mol. The van der Waals surface area contributed by atoms with Crippen LogP contribution in [0.25, 0.3) is 0 Å². The lowest BCUT2D eigenvalue weighted by Gasteiger charge is -2.09. The smallest absolute Gasteiger partial charge is 0.137 e. The first kappa shape index (κ1) is 8.91. The molecule has 0 aliphatic heterocycles. The summed E-state index contributed by atoms with van der Waals surface area (Å²) in [7, 11) is 0. The van der Waals surface area contributed by atoms with Crippen molar-refractivity contribution in [1.82, 2.24) is 4.98 Å². The second kappa shape index (κ2) is 3.48. The van der Waals surface area contributed by atoms with Crippen molar-refractivity contribution in [1.29, 1.82) is 0 Å². The zero-order chi connectivity index (χ0) is 9.14. The summed E-state index contributed by atoms with van der Waals surface area (Å²) in [5.74, 6) is 0.192. The predicted octanol–water partition coefficient (Wildman–Crippen LogP) is 2.08. The third-order valence-corrected chi connectivity index (χ3v) is 2.14. The Labute approximate surface area is 72.6 Å². The van der Waals surface area contributed by atoms with E-state index in [1.54, 1.807) is 19.3 Å². The molecule has 0 spiro atoms. The number of rotatable bonds is 2. The summed E-state index contributed by atoms with van der Waals surface area (Å²) in [6.07, 6.45) is 3.51. The lowest BCUT2D eigenvalue weighted by Crippen LogP contribution is -2.05. The van der Waals surface area contributed by atoms with E-state index >= 15 is 0 Å². The molecule has 0 bridgehead atoms. The molecular formula is C10H13NO. The topological polar surface area (TPSA) is 30.0 Å². The van der Waals surface area contributed by atoms with Gasteiger partial charge in [0.1, 0.15) is 5.78 Å². The summed E-state index contributed by atoms with van der Waals surface area (Å²) in [5, 5.41) is 0. The minimum absolute atomic E-state index is 0.00648. The Bertz CT molecular complexity index is 294. The van der Waals surface area contributed by atoms with Crippen molar-refractivity contribution in [2.45, 2.75) is 26.7 Å². The zero-order valence-corrected chi connectivity index (χ0v) is 7.66. The summed E-state index contributed by atoms with van der Waals surface area (Å²) >= 11 is 0. The molecule has 0 aromatic carbocycles. The zero-order valence-electron chi connectivity index (χ0n) is 7.66. The number of hydrogen-bond donors (Lipinski definition) is 0. The Morgan fingerprint density at radius 3 is 2.75 bits per heavy atom. The number of aryl methyl sites for hydroxylation is 1. The standard InChI is InChI=1S/C10H13NO/c1-7-6-11-5-4-10(7)8(2)9(3)12/h4-6,8H,1-3H3. The summed E-state index contributed by atoms with van der Waals surface area (Å²) in [4.78, 5) is 15.1. The summed E-state index contributed by atoms with van der Waals surface area (Å²) in [6, 6.07) is 1.90. The highest BCUT2D eigenvalue weighted by molar-refractivity contribution is 5.83. The molecule has 0 fully saturated rings. The van der Waals surface area contributed by atoms with Gasteiger partial charge in [-0.3, -0.25) is 9.78 Å². The van der Waals surface area contributed by atoms with Gasteiger partial charge in [0.25, 0.3) is 0 Å². The van der Waals surface area contributed by atoms with E-state index in [1.165, 1.54) is 0 Å². The summed E-state index contributed by atoms with van der Waals surface area (Å²) in [6.45, 7) is 5.51. The SMILES string of the molecule is CC(=O)C(C)c1ccncc1C. The lowest BCUT2D eigenvalue weighted by molar-refractivity contribution is -0.118. The van der Waals surface area contributed by atoms with Gasteiger partial charge in [-0.2, -0.15) is 0 Å². The maximum Gasteiger partial charge on any atom is 0.137 e. The van der Waals surface area contributed by atoms with Gasteiger partial charge in [-0.1, -0.05) is 6.92 Å². The summed E-state index contributed by atoms with van der Waals surface area (Å²) < 4.78 is 0. The van der Waals surface area contributed by atoms with Crippen molar-refractivity contribution in [2.24, 2.45) is 0 Å². The maximum absolute atomic E-state index is 11.1. The van der Waals surface area contributed by atoms with Gasteiger partial charge < -0.3 is 0 Å². The molecule has 1 unspecified atom stereocenters. The fraction of sp³-hybridized carbons (Fsp3) is 0.400. The summed E-state index contributed by atoms with van der Waals surface area (Å²) in [5.41, 5.74) is 2.16. The number of carbonyl (C=O) groups is 1. The van der Waals surface area contributed by atoms with Crippen molar-refractivity contribution >= 4 is 5.78 Å². The van der Waals surface area contributed by atoms with Crippen molar-refractivity contribution in [3.05, 3.63) is 29.6 Å². The second-order valence-corrected chi connectivity index (χ2v) is 3.06. The van der Waals surface area contributed by atoms with Crippen LogP contribution in [0.5, 0.6) is 0 Å². The van der Waals surface area contributed by atoms with Crippen LogP contribution in [0.15, 0.2) is 18.5 Å². The molecule has 0 amide bonds. The Hall–Kier alpha value is -1.18. The molecular weight excluding hydrogens is 150 g/mol. The molecule has 1 aromatic heterocycles. The fourth-order valence-corrected chi connectivity index (χ4v) is 1.19. The van der Waals surface area contributed by atoms with Crippen molar-refractivity contribution < 1.29 is 4.79 Å². The number of ketones is 1. The van der Waals surface area contributed by atoms with Gasteiger partial charge in [-0.05, 0) is 31.0 Å². The highest BCUT2D eigenvalue weighted by Crippen LogP contribution is 2.18. The normalized spacial score (nSPS) is 12.6. The van der Waals surface area contributed by atoms with Gasteiger partial charge in [0.2, 0.25) is 0 Å². The quantitative estimate of drug-likeness (QED) is 0.668. The molecule has 1 heterocycles. The highest BCUT2D eigenvalue weighted by atomic mass is 16.1. The molecule has 0 radical (unpaired) electrons. The fourth-order valence-electron chi connectivity index (χ4n) is 1.19. The van der Waals surface area contributed by atoms with Gasteiger partial charge in [0, 0.05) is 18.3 Å². The molecule has 2 nitrogen and oxygen atoms in total. The van der Waals surface area contributed by atoms with Gasteiger partial charge in [-0.15, -0.1) is 0 Å². The van der Waals surface area contributed by atoms with Gasteiger partial charge in [0.15, 0.2) is 0 Å². The largest absolute Gasteiger partial charge is 0.299 e. The van der Waals surface area contributed by atoms with Crippen molar-refractivity contribution in [2.75, 3.05) is 0 Å². The lowest BCUT2D eigenvalue weighted by atomic mass is 9.95. The minimum Gasteiger partial charge on any atom is -0.299 e. The molecule has 1 aromatic rings. The third kappa shape index (κ3) is 1.70. The van der Waals surface area contributed by atoms with Gasteiger partial charge in [0.05, 0.1) is 0 Å². The van der Waals surface area contributed by atoms with E-state index in [2.05, 4.69) is 4.98 Å². The van der Waals surface area contributed by atoms with Crippen LogP contribution in [0.3, 0.4) is 0 Å². The van der Waals surface area contributed by atoms with Gasteiger partial charge >= 0.3 is 0 Å². The molecule has 1 rings (SSSR count). The third-order valence-electron chi connectivity index (χ3n) is 2.14. The van der Waals surface area contributed by atoms with Crippen LogP contribution >= 0.6 is 0 Å². The predicted molar refractivity (Wildman–Crippen MR) is 48.1 cm³/mol. The van der Waals surface area contributed by atoms with Crippen LogP contribution in [0.1, 0.15) is 30.9 Å². The van der Waals surface area contributed by atoms with Crippen LogP contribution in [-0.4, -0.2) is 10.8 Å². The molecule has 0 N–H and O–H groups in total. The first-order valence-electron chi connectivity index (χ1n) is 4.04. The Morgan fingerprint density at radius 2 is 2.25 bits per heavy atom. The number of Topliss-reactive ketones (excluding diaryl/α,β-unsaturated/α-hetero) is 1. The average molecular weight is 163 g/mol. The van der Waals surface area contributed by atoms with E-state index < -0.39 is 0 Å². The van der Waals surface area contributed by atoms with Crippen LogP contribution in [0, 0.1) is 6.92 Å². The number of pyridine rings is 1. The van der Waals surface area contributed by atoms with E-state index in [-0.39, 0.29) is 11.7 Å². The molecule has 64 valence electrons. The first-order valence-corrected chi connectivity index (χ1v) is 4.04. The van der Waals surface area contributed by atoms with Crippen LogP contribution in [0.2, 0.25) is 0 Å². The van der Waals surface area contributed by atoms with Crippen molar-refractivity contribution in [3.63, 3.8) is 0 Å². The Balaban J connectivity index is 3.02. The number of aromatic nitrogens is 1. The second-order valence-electron chi connectivity index (χ2n) is 3.06. The molecule has 0 aliphatic carbocycles. The molecule has 0 saturated carbocycles. The van der Waals surface area contributed by atoms with Crippen LogP contribution < -0.4 is 0 Å². The number of hydrogen-bond acceptors (Lipinski definition) is 2. The van der Waals surface area contributed by atoms with Crippen LogP contribution in [-0.2, 0) is 4.79 Å². The highest BCUT2D eigenvalue weighted by Gasteiger charge is 2.11. The molecule has 0 aliphatic rings. The Kier molecular flexibility index (Phi) is 2.58. The number of carbonyl (C=O) groups excluding carboxylic acids is 1. The molecule has 1 atom stereocenters. The van der Waals surface area contributed by atoms with Gasteiger partial charge in [-0.25, -0.2) is 0 Å².